The highest BCUT2D eigenvalue weighted by atomic mass is 16.4. The summed E-state index contributed by atoms with van der Waals surface area (Å²) in [6, 6.07) is 14.9. The third kappa shape index (κ3) is 4.22. The molecule has 5 heteroatoms. The summed E-state index contributed by atoms with van der Waals surface area (Å²) in [5.74, 6) is -0.926. The normalized spacial score (nSPS) is 12.7. The first-order valence-electron chi connectivity index (χ1n) is 9.29. The Morgan fingerprint density at radius 1 is 1.15 bits per heavy atom. The molecule has 1 unspecified atom stereocenters. The maximum atomic E-state index is 12.4. The maximum absolute atomic E-state index is 12.4. The molecule has 0 heterocycles. The van der Waals surface area contributed by atoms with E-state index in [0.717, 1.165) is 29.9 Å². The van der Waals surface area contributed by atoms with Gasteiger partial charge < -0.3 is 15.3 Å². The summed E-state index contributed by atoms with van der Waals surface area (Å²) in [6.07, 6.45) is 0.378. The van der Waals surface area contributed by atoms with Crippen LogP contribution >= 0.6 is 0 Å². The molecule has 2 aromatic rings. The molecule has 0 aliphatic carbocycles. The Labute approximate surface area is 161 Å². The molecule has 0 aliphatic rings. The molecule has 0 bridgehead atoms. The molecule has 142 valence electrons. The van der Waals surface area contributed by atoms with Crippen LogP contribution in [-0.2, 0) is 10.3 Å². The third-order valence-electron chi connectivity index (χ3n) is 4.95. The van der Waals surface area contributed by atoms with Gasteiger partial charge in [-0.05, 0) is 74.7 Å². The second-order valence-electron chi connectivity index (χ2n) is 6.61. The number of anilines is 2. The fourth-order valence-corrected chi connectivity index (χ4v) is 3.35. The number of aliphatic carboxylic acids is 1. The molecular formula is C22H27N3O2. The van der Waals surface area contributed by atoms with Crippen LogP contribution in [0.15, 0.2) is 42.5 Å². The van der Waals surface area contributed by atoms with Gasteiger partial charge in [-0.15, -0.1) is 0 Å². The van der Waals surface area contributed by atoms with Crippen molar-refractivity contribution >= 4 is 17.3 Å². The minimum absolute atomic E-state index is 0.378. The number of hydrogen-bond acceptors (Lipinski definition) is 4. The van der Waals surface area contributed by atoms with E-state index in [-0.39, 0.29) is 0 Å². The van der Waals surface area contributed by atoms with Crippen LogP contribution in [0.5, 0.6) is 0 Å². The van der Waals surface area contributed by atoms with E-state index < -0.39 is 11.5 Å². The number of benzene rings is 2. The van der Waals surface area contributed by atoms with E-state index in [9.17, 15) is 9.90 Å². The number of nitrogens with zero attached hydrogens (tertiary/aromatic N) is 2. The quantitative estimate of drug-likeness (QED) is 0.719. The first-order valence-corrected chi connectivity index (χ1v) is 9.29. The van der Waals surface area contributed by atoms with Crippen LogP contribution in [0, 0.1) is 18.3 Å². The summed E-state index contributed by atoms with van der Waals surface area (Å²) >= 11 is 0. The van der Waals surface area contributed by atoms with Gasteiger partial charge in [-0.2, -0.15) is 5.26 Å². The van der Waals surface area contributed by atoms with Gasteiger partial charge >= 0.3 is 5.97 Å². The zero-order valence-corrected chi connectivity index (χ0v) is 16.4. The van der Waals surface area contributed by atoms with Crippen LogP contribution < -0.4 is 10.2 Å². The fourth-order valence-electron chi connectivity index (χ4n) is 3.35. The Morgan fingerprint density at radius 3 is 2.26 bits per heavy atom. The van der Waals surface area contributed by atoms with E-state index in [0.29, 0.717) is 17.7 Å². The number of carbonyl (C=O) groups is 1. The van der Waals surface area contributed by atoms with E-state index in [2.05, 4.69) is 36.2 Å². The minimum atomic E-state index is -1.25. The lowest BCUT2D eigenvalue weighted by Gasteiger charge is -2.33. The van der Waals surface area contributed by atoms with Crippen molar-refractivity contribution in [2.75, 3.05) is 23.3 Å². The van der Waals surface area contributed by atoms with Crippen molar-refractivity contribution < 1.29 is 9.90 Å². The molecule has 0 aliphatic heterocycles. The number of carboxylic acid groups (broad SMARTS) is 1. The molecule has 2 rings (SSSR count). The van der Waals surface area contributed by atoms with E-state index in [1.54, 1.807) is 24.3 Å². The predicted molar refractivity (Wildman–Crippen MR) is 109 cm³/mol. The van der Waals surface area contributed by atoms with Gasteiger partial charge in [0.25, 0.3) is 0 Å². The lowest BCUT2D eigenvalue weighted by Crippen LogP contribution is -2.43. The Morgan fingerprint density at radius 2 is 1.78 bits per heavy atom. The van der Waals surface area contributed by atoms with Crippen molar-refractivity contribution in [2.24, 2.45) is 0 Å². The van der Waals surface area contributed by atoms with E-state index in [1.165, 1.54) is 0 Å². The van der Waals surface area contributed by atoms with E-state index in [4.69, 9.17) is 5.26 Å². The summed E-state index contributed by atoms with van der Waals surface area (Å²) in [5.41, 5.74) is 2.73. The molecule has 0 amide bonds. The largest absolute Gasteiger partial charge is 0.479 e. The number of rotatable bonds is 8. The van der Waals surface area contributed by atoms with Crippen molar-refractivity contribution in [3.05, 3.63) is 59.2 Å². The zero-order valence-electron chi connectivity index (χ0n) is 16.4. The second kappa shape index (κ2) is 8.59. The van der Waals surface area contributed by atoms with Crippen LogP contribution in [0.25, 0.3) is 0 Å². The molecule has 0 aromatic heterocycles. The van der Waals surface area contributed by atoms with E-state index >= 15 is 0 Å². The SMILES string of the molecule is CCN(CC)c1cc(C)cc(C(CC)(Nc2ccc(C#N)cc2)C(=O)O)c1. The van der Waals surface area contributed by atoms with Crippen molar-refractivity contribution in [2.45, 2.75) is 39.7 Å². The minimum Gasteiger partial charge on any atom is -0.479 e. The summed E-state index contributed by atoms with van der Waals surface area (Å²) < 4.78 is 0. The highest BCUT2D eigenvalue weighted by molar-refractivity contribution is 5.85. The van der Waals surface area contributed by atoms with Crippen molar-refractivity contribution in [3.8, 4) is 6.07 Å². The first kappa shape index (κ1) is 20.3. The highest BCUT2D eigenvalue weighted by Crippen LogP contribution is 2.34. The fraction of sp³-hybridized carbons (Fsp3) is 0.364. The van der Waals surface area contributed by atoms with E-state index in [1.807, 2.05) is 26.0 Å². The van der Waals surface area contributed by atoms with Gasteiger partial charge in [-0.1, -0.05) is 13.0 Å². The highest BCUT2D eigenvalue weighted by Gasteiger charge is 2.39. The topological polar surface area (TPSA) is 76.4 Å². The molecule has 0 radical (unpaired) electrons. The molecule has 2 N–H and O–H groups in total. The number of aryl methyl sites for hydroxylation is 1. The lowest BCUT2D eigenvalue weighted by atomic mass is 9.85. The van der Waals surface area contributed by atoms with Gasteiger partial charge in [0.05, 0.1) is 11.6 Å². The number of hydrogen-bond donors (Lipinski definition) is 2. The molecule has 27 heavy (non-hydrogen) atoms. The molecule has 0 saturated heterocycles. The van der Waals surface area contributed by atoms with Crippen LogP contribution in [-0.4, -0.2) is 24.2 Å². The lowest BCUT2D eigenvalue weighted by molar-refractivity contribution is -0.142. The van der Waals surface area contributed by atoms with Gasteiger partial charge in [0, 0.05) is 24.5 Å². The molecule has 1 atom stereocenters. The van der Waals surface area contributed by atoms with Gasteiger partial charge in [-0.3, -0.25) is 0 Å². The molecule has 0 spiro atoms. The molecule has 5 nitrogen and oxygen atoms in total. The summed E-state index contributed by atoms with van der Waals surface area (Å²) in [7, 11) is 0. The molecular weight excluding hydrogens is 338 g/mol. The average Bonchev–Trinajstić information content (AvgIpc) is 2.67. The molecule has 0 saturated carbocycles. The standard InChI is InChI=1S/C22H27N3O2/c1-5-22(21(26)27,24-19-10-8-17(15-23)9-11-19)18-12-16(4)13-20(14-18)25(6-2)7-3/h8-14,24H,5-7H2,1-4H3,(H,26,27). The average molecular weight is 365 g/mol. The number of nitriles is 1. The monoisotopic (exact) mass is 365 g/mol. The smallest absolute Gasteiger partial charge is 0.334 e. The van der Waals surface area contributed by atoms with Crippen molar-refractivity contribution in [1.29, 1.82) is 5.26 Å². The van der Waals surface area contributed by atoms with Crippen LogP contribution in [0.2, 0.25) is 0 Å². The van der Waals surface area contributed by atoms with Crippen LogP contribution in [0.4, 0.5) is 11.4 Å². The molecule has 2 aromatic carbocycles. The first-order chi connectivity index (χ1) is 12.9. The van der Waals surface area contributed by atoms with Crippen molar-refractivity contribution in [1.82, 2.24) is 0 Å². The van der Waals surface area contributed by atoms with Gasteiger partial charge in [0.2, 0.25) is 0 Å². The van der Waals surface area contributed by atoms with Gasteiger partial charge in [-0.25, -0.2) is 4.79 Å². The Hall–Kier alpha value is -3.00. The maximum Gasteiger partial charge on any atom is 0.334 e. The Kier molecular flexibility index (Phi) is 6.46. The summed E-state index contributed by atoms with van der Waals surface area (Å²) in [6.45, 7) is 9.74. The summed E-state index contributed by atoms with van der Waals surface area (Å²) in [4.78, 5) is 14.6. The second-order valence-corrected chi connectivity index (χ2v) is 6.61. The third-order valence-corrected chi connectivity index (χ3v) is 4.95. The number of nitrogens with one attached hydrogen (secondary N) is 1. The van der Waals surface area contributed by atoms with Crippen LogP contribution in [0.1, 0.15) is 43.9 Å². The molecule has 0 fully saturated rings. The number of carboxylic acids is 1. The summed E-state index contributed by atoms with van der Waals surface area (Å²) in [5, 5.41) is 22.3. The van der Waals surface area contributed by atoms with Gasteiger partial charge in [0.15, 0.2) is 5.54 Å². The Balaban J connectivity index is 2.55. The zero-order chi connectivity index (χ0) is 20.0. The van der Waals surface area contributed by atoms with Crippen molar-refractivity contribution in [3.63, 3.8) is 0 Å². The van der Waals surface area contributed by atoms with Gasteiger partial charge in [0.1, 0.15) is 0 Å². The Bertz CT molecular complexity index is 836. The predicted octanol–water partition coefficient (Wildman–Crippen LogP) is 4.51. The van der Waals surface area contributed by atoms with Crippen LogP contribution in [0.3, 0.4) is 0 Å².